The molecule has 0 unspecified atom stereocenters. The van der Waals surface area contributed by atoms with Gasteiger partial charge in [0.1, 0.15) is 5.82 Å². The molecular formula is C25H35ClN4O2. The van der Waals surface area contributed by atoms with Crippen LogP contribution in [0.4, 0.5) is 11.5 Å². The van der Waals surface area contributed by atoms with E-state index in [1.165, 1.54) is 38.5 Å². The van der Waals surface area contributed by atoms with Crippen molar-refractivity contribution in [1.82, 2.24) is 10.3 Å². The Morgan fingerprint density at radius 3 is 2.41 bits per heavy atom. The topological polar surface area (TPSA) is 86.3 Å². The summed E-state index contributed by atoms with van der Waals surface area (Å²) in [5.74, 6) is 3.57. The fourth-order valence-corrected chi connectivity index (χ4v) is 6.89. The number of rotatable bonds is 9. The number of pyridine rings is 1. The van der Waals surface area contributed by atoms with E-state index in [1.54, 1.807) is 0 Å². The van der Waals surface area contributed by atoms with Crippen LogP contribution in [0.1, 0.15) is 44.9 Å². The van der Waals surface area contributed by atoms with E-state index in [1.807, 2.05) is 30.3 Å². The zero-order chi connectivity index (χ0) is 21.3. The van der Waals surface area contributed by atoms with Gasteiger partial charge >= 0.3 is 0 Å². The molecule has 4 saturated carbocycles. The highest BCUT2D eigenvalue weighted by Gasteiger charge is 2.51. The number of halogens is 1. The Hall–Kier alpha value is -1.89. The van der Waals surface area contributed by atoms with Crippen molar-refractivity contribution >= 4 is 40.7 Å². The number of carbonyl (C=O) groups is 1. The molecule has 6 rings (SSSR count). The van der Waals surface area contributed by atoms with Gasteiger partial charge in [0.05, 0.1) is 17.8 Å². The molecule has 4 fully saturated rings. The highest BCUT2D eigenvalue weighted by atomic mass is 35.5. The lowest BCUT2D eigenvalue weighted by Gasteiger charge is -2.56. The van der Waals surface area contributed by atoms with E-state index >= 15 is 0 Å². The third-order valence-corrected chi connectivity index (χ3v) is 7.60. The van der Waals surface area contributed by atoms with Crippen molar-refractivity contribution in [2.24, 2.45) is 23.2 Å². The van der Waals surface area contributed by atoms with Gasteiger partial charge in [0.15, 0.2) is 0 Å². The summed E-state index contributed by atoms with van der Waals surface area (Å²) < 4.78 is 0. The van der Waals surface area contributed by atoms with Gasteiger partial charge in [-0.15, -0.1) is 12.4 Å². The number of aliphatic hydroxyl groups excluding tert-OH is 1. The van der Waals surface area contributed by atoms with Gasteiger partial charge < -0.3 is 21.1 Å². The minimum absolute atomic E-state index is 0. The maximum absolute atomic E-state index is 13.1. The Kier molecular flexibility index (Phi) is 7.23. The van der Waals surface area contributed by atoms with Crippen molar-refractivity contribution in [3.8, 4) is 0 Å². The molecular weight excluding hydrogens is 424 g/mol. The van der Waals surface area contributed by atoms with Gasteiger partial charge in [-0.25, -0.2) is 4.98 Å². The first-order chi connectivity index (χ1) is 15.1. The summed E-state index contributed by atoms with van der Waals surface area (Å²) in [4.78, 5) is 17.8. The van der Waals surface area contributed by atoms with Crippen molar-refractivity contribution in [1.29, 1.82) is 0 Å². The first-order valence-corrected chi connectivity index (χ1v) is 11.9. The summed E-state index contributed by atoms with van der Waals surface area (Å²) >= 11 is 0. The molecule has 1 aromatic carbocycles. The van der Waals surface area contributed by atoms with E-state index in [4.69, 9.17) is 10.1 Å². The van der Waals surface area contributed by atoms with E-state index in [0.29, 0.717) is 13.0 Å². The van der Waals surface area contributed by atoms with Crippen LogP contribution in [0, 0.1) is 23.2 Å². The summed E-state index contributed by atoms with van der Waals surface area (Å²) in [6, 6.07) is 9.92. The summed E-state index contributed by atoms with van der Waals surface area (Å²) in [6.07, 6.45) is 8.65. The second kappa shape index (κ2) is 9.94. The van der Waals surface area contributed by atoms with Crippen LogP contribution in [0.5, 0.6) is 0 Å². The van der Waals surface area contributed by atoms with E-state index in [2.05, 4.69) is 16.0 Å². The fourth-order valence-electron chi connectivity index (χ4n) is 6.89. The van der Waals surface area contributed by atoms with Crippen molar-refractivity contribution in [3.63, 3.8) is 0 Å². The van der Waals surface area contributed by atoms with Crippen LogP contribution in [0.2, 0.25) is 0 Å². The molecule has 0 atom stereocenters. The second-order valence-corrected chi connectivity index (χ2v) is 10.1. The largest absolute Gasteiger partial charge is 0.395 e. The third-order valence-electron chi connectivity index (χ3n) is 7.60. The van der Waals surface area contributed by atoms with Crippen LogP contribution in [0.15, 0.2) is 30.3 Å². The zero-order valence-electron chi connectivity index (χ0n) is 18.6. The Labute approximate surface area is 196 Å². The third kappa shape index (κ3) is 5.03. The van der Waals surface area contributed by atoms with E-state index < -0.39 is 0 Å². The highest BCUT2D eigenvalue weighted by Crippen LogP contribution is 2.61. The second-order valence-electron chi connectivity index (χ2n) is 10.1. The van der Waals surface area contributed by atoms with Crippen LogP contribution in [-0.4, -0.2) is 42.2 Å². The SMILES string of the molecule is Cl.O=C(CC12CC3CC(CC(C3)C1)C2)Nc1cccc2nc(NCCNCCO)ccc12. The van der Waals surface area contributed by atoms with Crippen LogP contribution in [0.3, 0.4) is 0 Å². The fraction of sp³-hybridized carbons (Fsp3) is 0.600. The van der Waals surface area contributed by atoms with Gasteiger partial charge in [-0.3, -0.25) is 4.79 Å². The number of hydrogen-bond acceptors (Lipinski definition) is 5. The molecule has 0 saturated heterocycles. The number of nitrogens with zero attached hydrogens (tertiary/aromatic N) is 1. The Bertz CT molecular complexity index is 915. The molecule has 4 N–H and O–H groups in total. The standard InChI is InChI=1S/C25H34N4O2.ClH/c30-9-8-26-6-7-27-23-5-4-20-21(28-23)2-1-3-22(20)29-24(31)16-25-13-17-10-18(14-25)12-19(11-17)15-25;/h1-5,17-19,26,30H,6-16H2,(H,27,28)(H,29,31);1H. The first-order valence-electron chi connectivity index (χ1n) is 11.9. The van der Waals surface area contributed by atoms with Crippen molar-refractivity contribution < 1.29 is 9.90 Å². The zero-order valence-corrected chi connectivity index (χ0v) is 19.4. The lowest BCUT2D eigenvalue weighted by molar-refractivity contribution is -0.124. The number of nitrogens with one attached hydrogen (secondary N) is 3. The maximum atomic E-state index is 13.1. The Balaban J connectivity index is 0.00000245. The number of fused-ring (bicyclic) bond motifs is 1. The minimum Gasteiger partial charge on any atom is -0.395 e. The predicted molar refractivity (Wildman–Crippen MR) is 131 cm³/mol. The predicted octanol–water partition coefficient (Wildman–Crippen LogP) is 4.20. The average Bonchev–Trinajstić information content (AvgIpc) is 2.72. The number of anilines is 2. The molecule has 0 aliphatic heterocycles. The van der Waals surface area contributed by atoms with E-state index in [-0.39, 0.29) is 30.3 Å². The van der Waals surface area contributed by atoms with Gasteiger partial charge in [-0.1, -0.05) is 6.07 Å². The molecule has 7 heteroatoms. The van der Waals surface area contributed by atoms with Crippen LogP contribution in [0.25, 0.3) is 10.9 Å². The smallest absolute Gasteiger partial charge is 0.224 e. The van der Waals surface area contributed by atoms with Crippen LogP contribution < -0.4 is 16.0 Å². The molecule has 1 heterocycles. The van der Waals surface area contributed by atoms with Gasteiger partial charge in [0, 0.05) is 31.4 Å². The van der Waals surface area contributed by atoms with Crippen LogP contribution >= 0.6 is 12.4 Å². The molecule has 174 valence electrons. The first kappa shape index (κ1) is 23.3. The number of amides is 1. The summed E-state index contributed by atoms with van der Waals surface area (Å²) in [5.41, 5.74) is 1.99. The normalized spacial score (nSPS) is 27.8. The Morgan fingerprint density at radius 1 is 1.00 bits per heavy atom. The van der Waals surface area contributed by atoms with Gasteiger partial charge in [0.25, 0.3) is 0 Å². The van der Waals surface area contributed by atoms with Gasteiger partial charge in [0.2, 0.25) is 5.91 Å². The molecule has 4 bridgehead atoms. The number of benzene rings is 1. The number of hydrogen-bond donors (Lipinski definition) is 4. The average molecular weight is 459 g/mol. The van der Waals surface area contributed by atoms with E-state index in [9.17, 15) is 4.79 Å². The maximum Gasteiger partial charge on any atom is 0.224 e. The molecule has 6 nitrogen and oxygen atoms in total. The molecule has 1 amide bonds. The van der Waals surface area contributed by atoms with E-state index in [0.717, 1.165) is 53.3 Å². The van der Waals surface area contributed by atoms with Crippen LogP contribution in [-0.2, 0) is 4.79 Å². The van der Waals surface area contributed by atoms with Crippen molar-refractivity contribution in [2.75, 3.05) is 36.9 Å². The molecule has 4 aliphatic carbocycles. The van der Waals surface area contributed by atoms with Gasteiger partial charge in [-0.2, -0.15) is 0 Å². The lowest BCUT2D eigenvalue weighted by atomic mass is 9.49. The molecule has 2 aromatic rings. The quantitative estimate of drug-likeness (QED) is 0.423. The summed E-state index contributed by atoms with van der Waals surface area (Å²) in [7, 11) is 0. The molecule has 0 radical (unpaired) electrons. The lowest BCUT2D eigenvalue weighted by Crippen LogP contribution is -2.47. The Morgan fingerprint density at radius 2 is 1.72 bits per heavy atom. The van der Waals surface area contributed by atoms with Crippen molar-refractivity contribution in [2.45, 2.75) is 44.9 Å². The molecule has 0 spiro atoms. The summed E-state index contributed by atoms with van der Waals surface area (Å²) in [6.45, 7) is 2.24. The monoisotopic (exact) mass is 458 g/mol. The van der Waals surface area contributed by atoms with Crippen molar-refractivity contribution in [3.05, 3.63) is 30.3 Å². The van der Waals surface area contributed by atoms with Gasteiger partial charge in [-0.05, 0) is 86.0 Å². The molecule has 4 aliphatic rings. The molecule has 32 heavy (non-hydrogen) atoms. The number of aromatic nitrogens is 1. The number of aliphatic hydroxyl groups is 1. The number of carbonyl (C=O) groups excluding carboxylic acids is 1. The highest BCUT2D eigenvalue weighted by molar-refractivity contribution is 6.01. The minimum atomic E-state index is 0. The molecule has 1 aromatic heterocycles. The summed E-state index contributed by atoms with van der Waals surface area (Å²) in [5, 5.41) is 19.4.